The highest BCUT2D eigenvalue weighted by Gasteiger charge is 2.29. The summed E-state index contributed by atoms with van der Waals surface area (Å²) in [6, 6.07) is 6.09. The first-order valence-corrected chi connectivity index (χ1v) is 7.24. The Bertz CT molecular complexity index is 490. The molecule has 0 atom stereocenters. The zero-order valence-electron chi connectivity index (χ0n) is 9.83. The lowest BCUT2D eigenvalue weighted by Gasteiger charge is -2.29. The van der Waals surface area contributed by atoms with Gasteiger partial charge in [-0.05, 0) is 30.9 Å². The van der Waals surface area contributed by atoms with E-state index in [0.717, 1.165) is 12.8 Å². The van der Waals surface area contributed by atoms with Crippen LogP contribution in [0.3, 0.4) is 0 Å². The van der Waals surface area contributed by atoms with Crippen molar-refractivity contribution < 1.29 is 13.5 Å². The maximum atomic E-state index is 12.3. The largest absolute Gasteiger partial charge is 0.507 e. The Hall–Kier alpha value is -1.07. The molecular weight excluding hydrogens is 238 g/mol. The highest BCUT2D eigenvalue weighted by atomic mass is 32.2. The minimum Gasteiger partial charge on any atom is -0.507 e. The van der Waals surface area contributed by atoms with E-state index in [9.17, 15) is 13.5 Å². The van der Waals surface area contributed by atoms with Gasteiger partial charge in [-0.1, -0.05) is 19.1 Å². The van der Waals surface area contributed by atoms with Crippen molar-refractivity contribution in [3.63, 3.8) is 0 Å². The third-order valence-electron chi connectivity index (χ3n) is 3.23. The summed E-state index contributed by atoms with van der Waals surface area (Å²) in [6.07, 6.45) is 1.76. The van der Waals surface area contributed by atoms with Crippen LogP contribution in [0.4, 0.5) is 0 Å². The van der Waals surface area contributed by atoms with Gasteiger partial charge in [-0.25, -0.2) is 8.42 Å². The van der Waals surface area contributed by atoms with E-state index in [0.29, 0.717) is 19.0 Å². The minimum atomic E-state index is -3.53. The fraction of sp³-hybridized carbons (Fsp3) is 0.500. The van der Waals surface area contributed by atoms with Gasteiger partial charge in [0.15, 0.2) is 0 Å². The number of rotatable bonds is 2. The molecular formula is C12H17NO3S. The average molecular weight is 255 g/mol. The maximum absolute atomic E-state index is 12.3. The van der Waals surface area contributed by atoms with Crippen LogP contribution in [0.25, 0.3) is 0 Å². The van der Waals surface area contributed by atoms with Crippen molar-refractivity contribution in [3.05, 3.63) is 24.3 Å². The number of piperidine rings is 1. The SMILES string of the molecule is CC1CCN(S(=O)(=O)c2ccccc2O)CC1. The van der Waals surface area contributed by atoms with Crippen molar-refractivity contribution in [2.45, 2.75) is 24.7 Å². The Kier molecular flexibility index (Phi) is 3.40. The quantitative estimate of drug-likeness (QED) is 0.877. The molecule has 5 heteroatoms. The van der Waals surface area contributed by atoms with Crippen molar-refractivity contribution in [2.75, 3.05) is 13.1 Å². The second-order valence-corrected chi connectivity index (χ2v) is 6.46. The van der Waals surface area contributed by atoms with E-state index in [1.807, 2.05) is 0 Å². The van der Waals surface area contributed by atoms with Gasteiger partial charge in [-0.15, -0.1) is 0 Å². The summed E-state index contributed by atoms with van der Waals surface area (Å²) in [5, 5.41) is 9.62. The monoisotopic (exact) mass is 255 g/mol. The van der Waals surface area contributed by atoms with Gasteiger partial charge in [0.2, 0.25) is 10.0 Å². The van der Waals surface area contributed by atoms with E-state index >= 15 is 0 Å². The second-order valence-electron chi connectivity index (χ2n) is 4.55. The fourth-order valence-corrected chi connectivity index (χ4v) is 3.59. The molecule has 0 bridgehead atoms. The minimum absolute atomic E-state index is 0.00885. The summed E-state index contributed by atoms with van der Waals surface area (Å²) in [5.41, 5.74) is 0. The molecule has 1 N–H and O–H groups in total. The maximum Gasteiger partial charge on any atom is 0.246 e. The molecule has 17 heavy (non-hydrogen) atoms. The van der Waals surface area contributed by atoms with Gasteiger partial charge < -0.3 is 5.11 Å². The third-order valence-corrected chi connectivity index (χ3v) is 5.17. The molecule has 4 nitrogen and oxygen atoms in total. The van der Waals surface area contributed by atoms with E-state index < -0.39 is 10.0 Å². The summed E-state index contributed by atoms with van der Waals surface area (Å²) in [4.78, 5) is 0.00885. The number of nitrogens with zero attached hydrogens (tertiary/aromatic N) is 1. The first-order valence-electron chi connectivity index (χ1n) is 5.80. The average Bonchev–Trinajstić information content (AvgIpc) is 2.30. The summed E-state index contributed by atoms with van der Waals surface area (Å²) in [6.45, 7) is 3.21. The van der Waals surface area contributed by atoms with Gasteiger partial charge >= 0.3 is 0 Å². The normalized spacial score (nSPS) is 19.4. The van der Waals surface area contributed by atoms with Crippen LogP contribution in [0, 0.1) is 5.92 Å². The molecule has 1 fully saturated rings. The van der Waals surface area contributed by atoms with Crippen LogP contribution in [-0.4, -0.2) is 30.9 Å². The van der Waals surface area contributed by atoms with E-state index in [2.05, 4.69) is 6.92 Å². The molecule has 1 saturated heterocycles. The molecule has 1 aromatic carbocycles. The molecule has 0 aliphatic carbocycles. The first-order chi connectivity index (χ1) is 8.01. The van der Waals surface area contributed by atoms with Crippen molar-refractivity contribution in [1.82, 2.24) is 4.31 Å². The Balaban J connectivity index is 2.28. The van der Waals surface area contributed by atoms with Crippen LogP contribution in [0.15, 0.2) is 29.2 Å². The molecule has 0 amide bonds. The Labute approximate surface area is 102 Å². The van der Waals surface area contributed by atoms with Crippen LogP contribution in [0.2, 0.25) is 0 Å². The number of phenolic OH excluding ortho intramolecular Hbond substituents is 1. The summed E-state index contributed by atoms with van der Waals surface area (Å²) < 4.78 is 26.0. The molecule has 1 heterocycles. The van der Waals surface area contributed by atoms with E-state index in [-0.39, 0.29) is 10.6 Å². The highest BCUT2D eigenvalue weighted by Crippen LogP contribution is 2.28. The number of sulfonamides is 1. The van der Waals surface area contributed by atoms with Gasteiger partial charge in [-0.3, -0.25) is 0 Å². The van der Waals surface area contributed by atoms with Crippen LogP contribution in [0.5, 0.6) is 5.75 Å². The Morgan fingerprint density at radius 1 is 1.24 bits per heavy atom. The first kappa shape index (κ1) is 12.4. The van der Waals surface area contributed by atoms with Crippen molar-refractivity contribution >= 4 is 10.0 Å². The Morgan fingerprint density at radius 2 is 1.82 bits per heavy atom. The fourth-order valence-electron chi connectivity index (χ4n) is 2.04. The summed E-state index contributed by atoms with van der Waals surface area (Å²) >= 11 is 0. The van der Waals surface area contributed by atoms with E-state index in [4.69, 9.17) is 0 Å². The highest BCUT2D eigenvalue weighted by molar-refractivity contribution is 7.89. The van der Waals surface area contributed by atoms with Crippen molar-refractivity contribution in [1.29, 1.82) is 0 Å². The Morgan fingerprint density at radius 3 is 2.41 bits per heavy atom. The topological polar surface area (TPSA) is 57.6 Å². The number of hydrogen-bond acceptors (Lipinski definition) is 3. The van der Waals surface area contributed by atoms with Crippen LogP contribution in [0.1, 0.15) is 19.8 Å². The predicted octanol–water partition coefficient (Wildman–Crippen LogP) is 1.81. The van der Waals surface area contributed by atoms with Gasteiger partial charge in [0.1, 0.15) is 10.6 Å². The standard InChI is InChI=1S/C12H17NO3S/c1-10-6-8-13(9-7-10)17(15,16)12-5-3-2-4-11(12)14/h2-5,10,14H,6-9H2,1H3. The molecule has 0 saturated carbocycles. The lowest BCUT2D eigenvalue weighted by atomic mass is 10.0. The molecule has 0 radical (unpaired) electrons. The number of hydrogen-bond donors (Lipinski definition) is 1. The second kappa shape index (κ2) is 4.66. The van der Waals surface area contributed by atoms with Gasteiger partial charge in [0, 0.05) is 13.1 Å². The molecule has 1 aliphatic heterocycles. The smallest absolute Gasteiger partial charge is 0.246 e. The zero-order valence-corrected chi connectivity index (χ0v) is 10.7. The molecule has 1 aliphatic rings. The summed E-state index contributed by atoms with van der Waals surface area (Å²) in [7, 11) is -3.53. The molecule has 0 unspecified atom stereocenters. The molecule has 94 valence electrons. The molecule has 2 rings (SSSR count). The third kappa shape index (κ3) is 2.45. The number of benzene rings is 1. The van der Waals surface area contributed by atoms with Gasteiger partial charge in [-0.2, -0.15) is 4.31 Å². The van der Waals surface area contributed by atoms with Crippen LogP contribution >= 0.6 is 0 Å². The lowest BCUT2D eigenvalue weighted by molar-refractivity contribution is 0.287. The number of aromatic hydroxyl groups is 1. The molecule has 0 aromatic heterocycles. The van der Waals surface area contributed by atoms with Gasteiger partial charge in [0.25, 0.3) is 0 Å². The van der Waals surface area contributed by atoms with Crippen LogP contribution < -0.4 is 0 Å². The van der Waals surface area contributed by atoms with Crippen molar-refractivity contribution in [2.24, 2.45) is 5.92 Å². The number of para-hydroxylation sites is 1. The zero-order chi connectivity index (χ0) is 12.5. The lowest BCUT2D eigenvalue weighted by Crippen LogP contribution is -2.37. The summed E-state index contributed by atoms with van der Waals surface area (Å²) in [5.74, 6) is 0.400. The van der Waals surface area contributed by atoms with Crippen LogP contribution in [-0.2, 0) is 10.0 Å². The molecule has 0 spiro atoms. The van der Waals surface area contributed by atoms with Crippen molar-refractivity contribution in [3.8, 4) is 5.75 Å². The van der Waals surface area contributed by atoms with Gasteiger partial charge in [0.05, 0.1) is 0 Å². The van der Waals surface area contributed by atoms with E-state index in [1.165, 1.54) is 16.4 Å². The molecule has 1 aromatic rings. The predicted molar refractivity (Wildman–Crippen MR) is 65.3 cm³/mol. The number of phenols is 1. The van der Waals surface area contributed by atoms with E-state index in [1.54, 1.807) is 12.1 Å².